The third kappa shape index (κ3) is 23.6. The molecule has 143 heavy (non-hydrogen) atoms. The van der Waals surface area contributed by atoms with Gasteiger partial charge in [0.2, 0.25) is 5.91 Å². The molecule has 39 heteroatoms. The van der Waals surface area contributed by atoms with Crippen LogP contribution >= 0.6 is 92.8 Å². The first-order valence-electron chi connectivity index (χ1n) is 50.1. The third-order valence-electron chi connectivity index (χ3n) is 29.9. The molecule has 8 atom stereocenters. The van der Waals surface area contributed by atoms with Crippen molar-refractivity contribution in [3.05, 3.63) is 183 Å². The monoisotopic (exact) mass is 2090 g/mol. The maximum absolute atomic E-state index is 11.9. The van der Waals surface area contributed by atoms with Gasteiger partial charge in [-0.1, -0.05) is 131 Å². The van der Waals surface area contributed by atoms with Crippen molar-refractivity contribution in [2.45, 2.75) is 162 Å². The van der Waals surface area contributed by atoms with Crippen LogP contribution in [0.1, 0.15) is 202 Å². The fourth-order valence-electron chi connectivity index (χ4n) is 22.0. The second-order valence-electron chi connectivity index (χ2n) is 40.7. The van der Waals surface area contributed by atoms with Gasteiger partial charge in [-0.15, -0.1) is 0 Å². The summed E-state index contributed by atoms with van der Waals surface area (Å²) in [6, 6.07) is 29.2. The Morgan fingerprint density at radius 1 is 0.392 bits per heavy atom. The number of nitriles is 4. The fourth-order valence-corrected chi connectivity index (χ4v) is 24.2. The van der Waals surface area contributed by atoms with Crippen LogP contribution in [0.4, 0.5) is 23.3 Å². The van der Waals surface area contributed by atoms with Crippen molar-refractivity contribution in [1.82, 2.24) is 103 Å². The van der Waals surface area contributed by atoms with E-state index in [1.807, 2.05) is 79.9 Å². The SMILES string of the molecule is CCCN1CCC[C@@H](C2CN(c3cnc4c(C#N)nn([C@H](C)c5ccc(Cl)cc5Cl)c4n3)C2)C1.CCCN1CCC[C@H](C2CN(c3cnc4c(C#N)nn([C@H](C)c5ccc(Cl)cc5Cl)c4n3)C2)C1.C[C@H](c1ccc(Cl)cc1Cl)n1nc(C#N)c2ncc(N3CC([C@@H]4CCCN(CCCC(=O)N(C)C)C4)C3)nc21.C[C@H](c1ccc(Cl)cc1Cl)n1nc(C#N)c2ncc(N3CC([C@H]4CCCN(CC(C)(C)O)C4)C3)nc21. The molecule has 8 fully saturated rings. The van der Waals surface area contributed by atoms with E-state index in [9.17, 15) is 30.9 Å². The van der Waals surface area contributed by atoms with Gasteiger partial charge in [-0.2, -0.15) is 41.4 Å². The van der Waals surface area contributed by atoms with E-state index >= 15 is 0 Å². The van der Waals surface area contributed by atoms with E-state index in [0.717, 1.165) is 149 Å². The number of anilines is 4. The van der Waals surface area contributed by atoms with E-state index in [4.69, 9.17) is 113 Å². The number of likely N-dealkylation sites (tertiary alicyclic amines) is 4. The molecule has 31 nitrogen and oxygen atoms in total. The standard InChI is InChI=1S/C28H34Cl2N8O.C26H31Cl2N7O.2C25H29Cl2N7/c1-18(22-9-8-21(29)12-23(22)30)38-28-27(24(13-31)34-38)32-14-25(33-28)37-16-20(17-37)19-6-4-10-36(15-19)11-5-7-26(39)35(2)3;1-16(20-7-6-19(27)9-21(20)28)35-25-24(22(10-29)32-35)30-11-23(31-25)34-13-18(14-34)17-5-4-8-33(12-17)15-26(2,3)36;2*1-3-8-32-9-4-5-17(13-32)18-14-33(15-18)23-12-29-24-22(11-28)31-34(25(24)30-23)16(2)20-7-6-19(26)10-21(20)27/h8-9,12,14,18-20H,4-7,10-11,15-17H2,1-3H3;6-7,9,11,16-18,36H,4-5,8,12-15H2,1-3H3;2*6-7,10,12,16-18H,3-5,8-9,13-15H2,1-2H3/t18-,19-;2*16-,17+;16-,17-/m1111/s1. The van der Waals surface area contributed by atoms with Gasteiger partial charge in [-0.3, -0.25) is 4.79 Å². The summed E-state index contributed by atoms with van der Waals surface area (Å²) in [5.74, 6) is 8.87. The fraction of sp³-hybridized carbons (Fsp3) is 0.529. The number of benzene rings is 4. The molecule has 0 saturated carbocycles. The molecule has 16 heterocycles. The highest BCUT2D eigenvalue weighted by Gasteiger charge is 2.43. The molecule has 8 aliphatic heterocycles. The van der Waals surface area contributed by atoms with E-state index in [0.29, 0.717) is 133 Å². The van der Waals surface area contributed by atoms with Crippen LogP contribution in [0.5, 0.6) is 0 Å². The highest BCUT2D eigenvalue weighted by Crippen LogP contribution is 2.43. The molecule has 20 rings (SSSR count). The zero-order valence-corrected chi connectivity index (χ0v) is 88.7. The summed E-state index contributed by atoms with van der Waals surface area (Å²) in [6.07, 6.45) is 21.1. The first kappa shape index (κ1) is 104. The Morgan fingerprint density at radius 2 is 0.643 bits per heavy atom. The maximum atomic E-state index is 11.9. The third-order valence-corrected chi connectivity index (χ3v) is 32.2. The van der Waals surface area contributed by atoms with Crippen LogP contribution in [0.15, 0.2) is 97.6 Å². The second kappa shape index (κ2) is 45.9. The van der Waals surface area contributed by atoms with Crippen LogP contribution in [0.25, 0.3) is 44.7 Å². The number of hydrogen-bond acceptors (Lipinski definition) is 26. The van der Waals surface area contributed by atoms with Crippen LogP contribution in [0, 0.1) is 92.7 Å². The van der Waals surface area contributed by atoms with E-state index in [2.05, 4.69) is 118 Å². The van der Waals surface area contributed by atoms with Gasteiger partial charge in [-0.25, -0.2) is 58.6 Å². The Kier molecular flexibility index (Phi) is 33.4. The molecule has 0 spiro atoms. The zero-order chi connectivity index (χ0) is 101. The molecule has 0 radical (unpaired) electrons. The summed E-state index contributed by atoms with van der Waals surface area (Å²) >= 11 is 50.2. The first-order chi connectivity index (χ1) is 68.8. The Balaban J connectivity index is 0.000000131. The number of rotatable bonds is 26. The number of piperidine rings is 4. The molecular formula is C104H123Cl8N29O2. The first-order valence-corrected chi connectivity index (χ1v) is 53.1. The number of carbonyl (C=O) groups is 1. The van der Waals surface area contributed by atoms with Crippen molar-refractivity contribution >= 4 is 167 Å². The zero-order valence-electron chi connectivity index (χ0n) is 82.6. The van der Waals surface area contributed by atoms with E-state index < -0.39 is 5.60 Å². The normalized spacial score (nSPS) is 20.0. The number of hydrogen-bond donors (Lipinski definition) is 1. The van der Waals surface area contributed by atoms with Gasteiger partial charge in [0.1, 0.15) is 69.6 Å². The van der Waals surface area contributed by atoms with Crippen molar-refractivity contribution in [1.29, 1.82) is 21.0 Å². The number of aromatic nitrogens is 16. The lowest BCUT2D eigenvalue weighted by molar-refractivity contribution is -0.128. The molecule has 0 unspecified atom stereocenters. The summed E-state index contributed by atoms with van der Waals surface area (Å²) in [7, 11) is 3.63. The number of carbonyl (C=O) groups excluding carboxylic acids is 1. The average molecular weight is 2090 g/mol. The van der Waals surface area contributed by atoms with E-state index in [1.54, 1.807) is 96.9 Å². The van der Waals surface area contributed by atoms with Crippen molar-refractivity contribution < 1.29 is 9.90 Å². The minimum Gasteiger partial charge on any atom is -0.389 e. The van der Waals surface area contributed by atoms with Crippen LogP contribution in [-0.4, -0.2) is 265 Å². The number of halogens is 8. The van der Waals surface area contributed by atoms with E-state index in [-0.39, 0.29) is 52.9 Å². The Labute approximate surface area is 875 Å². The summed E-state index contributed by atoms with van der Waals surface area (Å²) in [4.78, 5) is 70.8. The van der Waals surface area contributed by atoms with Crippen molar-refractivity contribution in [3.63, 3.8) is 0 Å². The summed E-state index contributed by atoms with van der Waals surface area (Å²) in [5, 5.41) is 71.3. The summed E-state index contributed by atoms with van der Waals surface area (Å²) < 4.78 is 6.96. The van der Waals surface area contributed by atoms with Gasteiger partial charge in [0.05, 0.1) is 54.6 Å². The molecule has 0 aliphatic carbocycles. The van der Waals surface area contributed by atoms with Crippen LogP contribution in [0.3, 0.4) is 0 Å². The van der Waals surface area contributed by atoms with Gasteiger partial charge < -0.3 is 49.2 Å². The smallest absolute Gasteiger partial charge is 0.222 e. The Morgan fingerprint density at radius 3 is 0.881 bits per heavy atom. The molecular weight excluding hydrogens is 1970 g/mol. The number of fused-ring (bicyclic) bond motifs is 4. The van der Waals surface area contributed by atoms with E-state index in [1.165, 1.54) is 103 Å². The van der Waals surface area contributed by atoms with Crippen LogP contribution in [0.2, 0.25) is 40.2 Å². The minimum absolute atomic E-state index is 0.199. The van der Waals surface area contributed by atoms with Gasteiger partial charge in [-0.05, 0) is 276 Å². The summed E-state index contributed by atoms with van der Waals surface area (Å²) in [5.41, 5.74) is 8.14. The lowest BCUT2D eigenvalue weighted by Gasteiger charge is -2.47. The predicted molar refractivity (Wildman–Crippen MR) is 566 cm³/mol. The number of β-amino-alcohol motifs (C(OH)–C–C–N with tert-alkyl or cyclic N) is 1. The molecule has 1 amide bonds. The molecule has 0 bridgehead atoms. The van der Waals surface area contributed by atoms with Gasteiger partial charge in [0, 0.05) is 146 Å². The quantitative estimate of drug-likeness (QED) is 0.0526. The number of amides is 1. The highest BCUT2D eigenvalue weighted by molar-refractivity contribution is 6.37. The number of nitrogens with zero attached hydrogens (tertiary/aromatic N) is 29. The average Bonchev–Trinajstić information content (AvgIpc) is 1.62. The lowest BCUT2D eigenvalue weighted by Crippen LogP contribution is -2.54. The largest absolute Gasteiger partial charge is 0.389 e. The van der Waals surface area contributed by atoms with Gasteiger partial charge in [0.15, 0.2) is 45.4 Å². The van der Waals surface area contributed by atoms with Crippen molar-refractivity contribution in [3.8, 4) is 24.3 Å². The summed E-state index contributed by atoms with van der Waals surface area (Å²) in [6.45, 7) is 37.3. The molecule has 1 N–H and O–H groups in total. The maximum Gasteiger partial charge on any atom is 0.222 e. The number of aliphatic hydroxyl groups is 1. The van der Waals surface area contributed by atoms with Gasteiger partial charge >= 0.3 is 0 Å². The van der Waals surface area contributed by atoms with Crippen molar-refractivity contribution in [2.75, 3.05) is 165 Å². The Bertz CT molecular complexity index is 6550. The molecule has 8 saturated heterocycles. The lowest BCUT2D eigenvalue weighted by atomic mass is 9.80. The van der Waals surface area contributed by atoms with Crippen LogP contribution in [-0.2, 0) is 4.79 Å². The minimum atomic E-state index is -0.669. The molecule has 4 aromatic carbocycles. The molecule has 12 aromatic rings. The van der Waals surface area contributed by atoms with Crippen molar-refractivity contribution in [2.24, 2.45) is 47.3 Å². The second-order valence-corrected chi connectivity index (χ2v) is 44.1. The van der Waals surface area contributed by atoms with Crippen LogP contribution < -0.4 is 19.6 Å². The predicted octanol–water partition coefficient (Wildman–Crippen LogP) is 19.5. The molecule has 8 aliphatic rings. The topological polar surface area (TPSA) is 336 Å². The highest BCUT2D eigenvalue weighted by atomic mass is 35.5. The molecule has 8 aromatic heterocycles. The molecule has 752 valence electrons. The van der Waals surface area contributed by atoms with Gasteiger partial charge in [0.25, 0.3) is 0 Å². The Hall–Kier alpha value is -10.2.